The molecule has 0 fully saturated rings. The van der Waals surface area contributed by atoms with Crippen LogP contribution in [-0.2, 0) is 26.6 Å². The van der Waals surface area contributed by atoms with Crippen molar-refractivity contribution in [3.63, 3.8) is 0 Å². The molecule has 6 nitrogen and oxygen atoms in total. The maximum Gasteiger partial charge on any atom is 0.335 e. The van der Waals surface area contributed by atoms with E-state index >= 15 is 0 Å². The molecule has 0 rings (SSSR count). The van der Waals surface area contributed by atoms with E-state index in [-0.39, 0.29) is 18.3 Å². The fraction of sp³-hybridized carbons (Fsp3) is 1.00. The number of hydrogen-bond acceptors (Lipinski definition) is 6. The Balaban J connectivity index is 5.66. The maximum atomic E-state index is 6.54. The largest absolute Gasteiger partial charge is 0.392 e. The van der Waals surface area contributed by atoms with Gasteiger partial charge in [-0.05, 0) is 79.3 Å². The highest BCUT2D eigenvalue weighted by Crippen LogP contribution is 2.30. The third-order valence-electron chi connectivity index (χ3n) is 4.47. The zero-order chi connectivity index (χ0) is 23.1. The summed E-state index contributed by atoms with van der Waals surface area (Å²) in [7, 11) is -6.99. The van der Waals surface area contributed by atoms with Crippen molar-refractivity contribution in [3.8, 4) is 0 Å². The van der Waals surface area contributed by atoms with Crippen LogP contribution in [0.1, 0.15) is 60.8 Å². The van der Waals surface area contributed by atoms with E-state index in [2.05, 4.69) is 41.5 Å². The molecule has 3 unspecified atom stereocenters. The van der Waals surface area contributed by atoms with Gasteiger partial charge in [0.1, 0.15) is 10.2 Å². The minimum Gasteiger partial charge on any atom is -0.392 e. The Morgan fingerprint density at radius 1 is 0.586 bits per heavy atom. The van der Waals surface area contributed by atoms with Crippen molar-refractivity contribution < 1.29 is 26.6 Å². The first-order valence-electron chi connectivity index (χ1n) is 11.1. The van der Waals surface area contributed by atoms with Crippen molar-refractivity contribution in [2.24, 2.45) is 0 Å². The first-order chi connectivity index (χ1) is 13.0. The smallest absolute Gasteiger partial charge is 0.335 e. The topological polar surface area (TPSA) is 55.4 Å². The SMILES string of the molecule is CCC(C)O[Si](C)(C)OC([SiH3])(O[Si](C)(C)OC(C)CC)O[Si](C)(C)OC(C)CC. The molecule has 0 heterocycles. The van der Waals surface area contributed by atoms with E-state index < -0.39 is 31.3 Å². The fourth-order valence-electron chi connectivity index (χ4n) is 3.18. The molecular formula is C19H48O6Si4. The van der Waals surface area contributed by atoms with Crippen LogP contribution >= 0.6 is 0 Å². The van der Waals surface area contributed by atoms with Crippen LogP contribution in [0.25, 0.3) is 0 Å². The highest BCUT2D eigenvalue weighted by atomic mass is 28.4. The van der Waals surface area contributed by atoms with Crippen LogP contribution in [0.3, 0.4) is 0 Å². The van der Waals surface area contributed by atoms with Gasteiger partial charge in [0.05, 0.1) is 0 Å². The van der Waals surface area contributed by atoms with Gasteiger partial charge in [-0.2, -0.15) is 0 Å². The Morgan fingerprint density at radius 2 is 0.793 bits per heavy atom. The van der Waals surface area contributed by atoms with Gasteiger partial charge in [-0.1, -0.05) is 20.8 Å². The van der Waals surface area contributed by atoms with Gasteiger partial charge in [0.15, 0.2) is 0 Å². The van der Waals surface area contributed by atoms with Crippen LogP contribution < -0.4 is 0 Å². The van der Waals surface area contributed by atoms with E-state index in [0.29, 0.717) is 10.2 Å². The monoisotopic (exact) mass is 484 g/mol. The van der Waals surface area contributed by atoms with Gasteiger partial charge in [-0.15, -0.1) is 0 Å². The van der Waals surface area contributed by atoms with E-state index in [1.54, 1.807) is 0 Å². The number of hydrogen-bond donors (Lipinski definition) is 0. The van der Waals surface area contributed by atoms with Crippen LogP contribution in [0.15, 0.2) is 0 Å². The summed E-state index contributed by atoms with van der Waals surface area (Å²) in [6.07, 6.45) is 3.20. The van der Waals surface area contributed by atoms with Crippen molar-refractivity contribution in [3.05, 3.63) is 0 Å². The zero-order valence-corrected chi connectivity index (χ0v) is 26.3. The first-order valence-corrected chi connectivity index (χ1v) is 20.6. The Morgan fingerprint density at radius 3 is 0.966 bits per heavy atom. The summed E-state index contributed by atoms with van der Waals surface area (Å²) < 4.78 is 38.4. The lowest BCUT2D eigenvalue weighted by atomic mass is 10.3. The van der Waals surface area contributed by atoms with Crippen molar-refractivity contribution in [2.75, 3.05) is 0 Å². The molecule has 0 saturated carbocycles. The molecule has 176 valence electrons. The quantitative estimate of drug-likeness (QED) is 0.251. The average molecular weight is 485 g/mol. The Hall–Kier alpha value is 0.628. The third kappa shape index (κ3) is 12.9. The van der Waals surface area contributed by atoms with Gasteiger partial charge in [0, 0.05) is 18.3 Å². The molecule has 0 aliphatic carbocycles. The normalized spacial score (nSPS) is 19.0. The molecule has 0 amide bonds. The standard InChI is InChI=1S/C19H48O6Si4/c1-13-16(4)20-27(7,8)23-19(26,24-28(9,10)21-17(5)14-2)25-29(11,12)22-18(6)15-3/h16-18H,13-15H2,1-12,26H3. The molecule has 0 aromatic carbocycles. The van der Waals surface area contributed by atoms with Crippen molar-refractivity contribution in [2.45, 2.75) is 124 Å². The van der Waals surface area contributed by atoms with Crippen molar-refractivity contribution in [1.29, 1.82) is 0 Å². The summed E-state index contributed by atoms with van der Waals surface area (Å²) in [5.41, 5.74) is -1.14. The van der Waals surface area contributed by atoms with Crippen LogP contribution in [-0.4, -0.2) is 59.8 Å². The molecule has 0 spiro atoms. The van der Waals surface area contributed by atoms with Crippen LogP contribution in [0.5, 0.6) is 0 Å². The zero-order valence-electron chi connectivity index (χ0n) is 21.3. The lowest BCUT2D eigenvalue weighted by Crippen LogP contribution is -2.61. The summed E-state index contributed by atoms with van der Waals surface area (Å²) in [5.74, 6) is 0. The molecule has 3 atom stereocenters. The van der Waals surface area contributed by atoms with Crippen LogP contribution in [0.2, 0.25) is 39.3 Å². The Labute approximate surface area is 186 Å². The second-order valence-electron chi connectivity index (χ2n) is 9.38. The Kier molecular flexibility index (Phi) is 12.3. The number of rotatable bonds is 15. The summed E-state index contributed by atoms with van der Waals surface area (Å²) in [5, 5.41) is 0. The molecule has 0 saturated heterocycles. The molecule has 0 aliphatic heterocycles. The summed E-state index contributed by atoms with van der Waals surface area (Å²) in [6, 6.07) is 0. The summed E-state index contributed by atoms with van der Waals surface area (Å²) >= 11 is 0. The Bertz CT molecular complexity index is 411. The molecule has 0 bridgehead atoms. The minimum atomic E-state index is -2.50. The highest BCUT2D eigenvalue weighted by molar-refractivity contribution is 6.68. The van der Waals surface area contributed by atoms with Gasteiger partial charge in [-0.3, -0.25) is 0 Å². The van der Waals surface area contributed by atoms with E-state index in [0.717, 1.165) is 19.3 Å². The second-order valence-corrected chi connectivity index (χ2v) is 20.3. The van der Waals surface area contributed by atoms with Gasteiger partial charge in [0.25, 0.3) is 0 Å². The van der Waals surface area contributed by atoms with E-state index in [4.69, 9.17) is 26.6 Å². The first kappa shape index (κ1) is 29.6. The van der Waals surface area contributed by atoms with Gasteiger partial charge in [-0.25, -0.2) is 0 Å². The summed E-state index contributed by atoms with van der Waals surface area (Å²) in [4.78, 5) is 0. The van der Waals surface area contributed by atoms with E-state index in [1.807, 2.05) is 39.3 Å². The predicted octanol–water partition coefficient (Wildman–Crippen LogP) is 4.56. The van der Waals surface area contributed by atoms with Gasteiger partial charge in [0.2, 0.25) is 5.60 Å². The summed E-state index contributed by atoms with van der Waals surface area (Å²) in [6.45, 7) is 24.8. The van der Waals surface area contributed by atoms with Gasteiger partial charge < -0.3 is 26.6 Å². The molecule has 0 aromatic rings. The maximum absolute atomic E-state index is 6.54. The molecule has 0 aliphatic rings. The second kappa shape index (κ2) is 12.0. The predicted molar refractivity (Wildman–Crippen MR) is 131 cm³/mol. The molecule has 10 heteroatoms. The average Bonchev–Trinajstić information content (AvgIpc) is 2.50. The lowest BCUT2D eigenvalue weighted by molar-refractivity contribution is -0.228. The molecule has 0 aromatic heterocycles. The van der Waals surface area contributed by atoms with Gasteiger partial charge >= 0.3 is 25.7 Å². The highest BCUT2D eigenvalue weighted by Gasteiger charge is 2.48. The minimum absolute atomic E-state index is 0.130. The fourth-order valence-corrected chi connectivity index (χ4v) is 14.3. The van der Waals surface area contributed by atoms with Crippen LogP contribution in [0.4, 0.5) is 0 Å². The lowest BCUT2D eigenvalue weighted by Gasteiger charge is -2.45. The molecular weight excluding hydrogens is 437 g/mol. The third-order valence-corrected chi connectivity index (χ3v) is 11.8. The van der Waals surface area contributed by atoms with E-state index in [1.165, 1.54) is 0 Å². The van der Waals surface area contributed by atoms with Crippen molar-refractivity contribution >= 4 is 35.9 Å². The molecule has 29 heavy (non-hydrogen) atoms. The van der Waals surface area contributed by atoms with Crippen molar-refractivity contribution in [1.82, 2.24) is 0 Å². The molecule has 0 radical (unpaired) electrons. The van der Waals surface area contributed by atoms with E-state index in [9.17, 15) is 0 Å². The molecule has 0 N–H and O–H groups in total. The van der Waals surface area contributed by atoms with Crippen LogP contribution in [0, 0.1) is 0 Å².